The highest BCUT2D eigenvalue weighted by atomic mass is 16.5. The molecule has 2 heterocycles. The third kappa shape index (κ3) is 2.36. The summed E-state index contributed by atoms with van der Waals surface area (Å²) in [4.78, 5) is 8.14. The molecule has 100 valence electrons. The van der Waals surface area contributed by atoms with Gasteiger partial charge in [-0.05, 0) is 38.1 Å². The Hall–Kier alpha value is -1.81. The van der Waals surface area contributed by atoms with Crippen LogP contribution in [0.15, 0.2) is 24.3 Å². The van der Waals surface area contributed by atoms with Gasteiger partial charge in [0.1, 0.15) is 11.6 Å². The molecule has 1 saturated heterocycles. The van der Waals surface area contributed by atoms with E-state index in [2.05, 4.69) is 29.4 Å². The van der Waals surface area contributed by atoms with Crippen molar-refractivity contribution in [2.45, 2.75) is 19.8 Å². The molecule has 1 aliphatic heterocycles. The van der Waals surface area contributed by atoms with Crippen LogP contribution in [0.2, 0.25) is 0 Å². The van der Waals surface area contributed by atoms with Crippen molar-refractivity contribution >= 4 is 0 Å². The number of imidazole rings is 1. The zero-order valence-electron chi connectivity index (χ0n) is 11.4. The molecule has 0 aliphatic carbocycles. The minimum Gasteiger partial charge on any atom is -0.494 e. The molecule has 19 heavy (non-hydrogen) atoms. The second-order valence-electron chi connectivity index (χ2n) is 4.91. The largest absolute Gasteiger partial charge is 0.494 e. The van der Waals surface area contributed by atoms with Crippen LogP contribution in [-0.2, 0) is 0 Å². The van der Waals surface area contributed by atoms with E-state index >= 15 is 0 Å². The molecular weight excluding hydrogens is 238 g/mol. The predicted octanol–water partition coefficient (Wildman–Crippen LogP) is 2.47. The summed E-state index contributed by atoms with van der Waals surface area (Å²) in [5.41, 5.74) is 3.31. The summed E-state index contributed by atoms with van der Waals surface area (Å²) in [7, 11) is 0. The summed E-state index contributed by atoms with van der Waals surface area (Å²) < 4.78 is 5.46. The second-order valence-corrected chi connectivity index (χ2v) is 4.91. The number of nitrogens with zero attached hydrogens (tertiary/aromatic N) is 1. The number of benzene rings is 1. The Morgan fingerprint density at radius 2 is 2.00 bits per heavy atom. The van der Waals surface area contributed by atoms with E-state index in [-0.39, 0.29) is 0 Å². The minimum absolute atomic E-state index is 0.537. The Morgan fingerprint density at radius 1 is 1.26 bits per heavy atom. The molecule has 0 spiro atoms. The number of hydrogen-bond donors (Lipinski definition) is 2. The first-order valence-corrected chi connectivity index (χ1v) is 6.78. The lowest BCUT2D eigenvalue weighted by Crippen LogP contribution is -2.40. The molecule has 1 aromatic carbocycles. The first-order valence-electron chi connectivity index (χ1n) is 6.78. The van der Waals surface area contributed by atoms with E-state index < -0.39 is 0 Å². The number of hydrogen-bond acceptors (Lipinski definition) is 3. The fourth-order valence-electron chi connectivity index (χ4n) is 2.32. The third-order valence-corrected chi connectivity index (χ3v) is 3.51. The normalized spacial score (nSPS) is 15.3. The van der Waals surface area contributed by atoms with Gasteiger partial charge in [-0.3, -0.25) is 0 Å². The zero-order chi connectivity index (χ0) is 13.2. The molecule has 0 unspecified atom stereocenters. The van der Waals surface area contributed by atoms with Crippen LogP contribution in [0, 0.1) is 6.92 Å². The van der Waals surface area contributed by atoms with E-state index in [1.807, 2.05) is 19.1 Å². The highest BCUT2D eigenvalue weighted by molar-refractivity contribution is 5.63. The molecule has 1 aromatic heterocycles. The molecule has 0 amide bonds. The molecule has 2 aromatic rings. The number of ether oxygens (including phenoxy) is 1. The molecule has 4 nitrogen and oxygen atoms in total. The molecule has 3 rings (SSSR count). The lowest BCUT2D eigenvalue weighted by atomic mass is 10.0. The van der Waals surface area contributed by atoms with Gasteiger partial charge in [0.25, 0.3) is 0 Å². The lowest BCUT2D eigenvalue weighted by Gasteiger charge is -2.24. The first-order chi connectivity index (χ1) is 9.28. The van der Waals surface area contributed by atoms with Gasteiger partial charge in [0, 0.05) is 30.3 Å². The number of aryl methyl sites for hydroxylation is 1. The molecule has 1 fully saturated rings. The number of H-pyrrole nitrogens is 1. The third-order valence-electron chi connectivity index (χ3n) is 3.51. The zero-order valence-corrected chi connectivity index (χ0v) is 11.4. The van der Waals surface area contributed by atoms with Gasteiger partial charge >= 0.3 is 0 Å². The van der Waals surface area contributed by atoms with Crippen molar-refractivity contribution in [3.05, 3.63) is 35.8 Å². The second kappa shape index (κ2) is 5.05. The smallest absolute Gasteiger partial charge is 0.119 e. The van der Waals surface area contributed by atoms with Crippen LogP contribution < -0.4 is 10.1 Å². The van der Waals surface area contributed by atoms with E-state index in [0.717, 1.165) is 41.6 Å². The lowest BCUT2D eigenvalue weighted by molar-refractivity contribution is 0.340. The van der Waals surface area contributed by atoms with Gasteiger partial charge in [0.05, 0.1) is 12.3 Å². The number of aromatic amines is 1. The Morgan fingerprint density at radius 3 is 2.58 bits per heavy atom. The Labute approximate surface area is 113 Å². The monoisotopic (exact) mass is 257 g/mol. The summed E-state index contributed by atoms with van der Waals surface area (Å²) in [6.07, 6.45) is 0. The Balaban J connectivity index is 1.86. The van der Waals surface area contributed by atoms with Gasteiger partial charge in [0.15, 0.2) is 0 Å². The van der Waals surface area contributed by atoms with Gasteiger partial charge < -0.3 is 15.0 Å². The van der Waals surface area contributed by atoms with E-state index in [9.17, 15) is 0 Å². The topological polar surface area (TPSA) is 49.9 Å². The van der Waals surface area contributed by atoms with Crippen molar-refractivity contribution < 1.29 is 4.74 Å². The molecule has 0 radical (unpaired) electrons. The van der Waals surface area contributed by atoms with Crippen molar-refractivity contribution in [2.75, 3.05) is 19.7 Å². The first kappa shape index (κ1) is 12.2. The van der Waals surface area contributed by atoms with Gasteiger partial charge in [-0.15, -0.1) is 0 Å². The van der Waals surface area contributed by atoms with E-state index in [1.54, 1.807) is 0 Å². The van der Waals surface area contributed by atoms with Crippen LogP contribution in [0.4, 0.5) is 0 Å². The van der Waals surface area contributed by atoms with Crippen LogP contribution in [-0.4, -0.2) is 29.7 Å². The quantitative estimate of drug-likeness (QED) is 0.884. The minimum atomic E-state index is 0.537. The van der Waals surface area contributed by atoms with Gasteiger partial charge in [-0.2, -0.15) is 0 Å². The van der Waals surface area contributed by atoms with Gasteiger partial charge in [-0.1, -0.05) is 0 Å². The van der Waals surface area contributed by atoms with Crippen LogP contribution in [0.25, 0.3) is 11.3 Å². The summed E-state index contributed by atoms with van der Waals surface area (Å²) in [5.74, 6) is 2.54. The van der Waals surface area contributed by atoms with Crippen molar-refractivity contribution in [3.63, 3.8) is 0 Å². The fraction of sp³-hybridized carbons (Fsp3) is 0.400. The molecule has 0 saturated carbocycles. The highest BCUT2D eigenvalue weighted by Crippen LogP contribution is 2.26. The van der Waals surface area contributed by atoms with Gasteiger partial charge in [0.2, 0.25) is 0 Å². The van der Waals surface area contributed by atoms with E-state index in [4.69, 9.17) is 9.72 Å². The number of nitrogens with one attached hydrogen (secondary N) is 2. The van der Waals surface area contributed by atoms with Gasteiger partial charge in [-0.25, -0.2) is 4.98 Å². The summed E-state index contributed by atoms with van der Waals surface area (Å²) >= 11 is 0. The molecule has 0 bridgehead atoms. The Bertz CT molecular complexity index is 555. The summed E-state index contributed by atoms with van der Waals surface area (Å²) in [6.45, 7) is 6.81. The number of aromatic nitrogens is 2. The van der Waals surface area contributed by atoms with Crippen LogP contribution in [0.1, 0.15) is 24.4 Å². The van der Waals surface area contributed by atoms with Crippen molar-refractivity contribution in [1.82, 2.24) is 15.3 Å². The van der Waals surface area contributed by atoms with Crippen molar-refractivity contribution in [1.29, 1.82) is 0 Å². The summed E-state index contributed by atoms with van der Waals surface area (Å²) in [5, 5.41) is 3.27. The van der Waals surface area contributed by atoms with Crippen LogP contribution >= 0.6 is 0 Å². The van der Waals surface area contributed by atoms with Crippen molar-refractivity contribution in [3.8, 4) is 17.0 Å². The maximum absolute atomic E-state index is 5.46. The van der Waals surface area contributed by atoms with Crippen LogP contribution in [0.3, 0.4) is 0 Å². The van der Waals surface area contributed by atoms with Crippen LogP contribution in [0.5, 0.6) is 5.75 Å². The predicted molar refractivity (Wildman–Crippen MR) is 75.5 cm³/mol. The van der Waals surface area contributed by atoms with Crippen molar-refractivity contribution in [2.24, 2.45) is 0 Å². The number of rotatable bonds is 4. The molecule has 4 heteroatoms. The maximum atomic E-state index is 5.46. The molecular formula is C15H19N3O. The Kier molecular flexibility index (Phi) is 3.25. The highest BCUT2D eigenvalue weighted by Gasteiger charge is 2.23. The fourth-order valence-corrected chi connectivity index (χ4v) is 2.32. The maximum Gasteiger partial charge on any atom is 0.119 e. The molecule has 0 atom stereocenters. The SMILES string of the molecule is CCOc1ccc(-c2nc(C3CNC3)[nH]c2C)cc1. The molecule has 2 N–H and O–H groups in total. The summed E-state index contributed by atoms with van der Waals surface area (Å²) in [6, 6.07) is 8.13. The van der Waals surface area contributed by atoms with E-state index in [1.165, 1.54) is 0 Å². The average molecular weight is 257 g/mol. The average Bonchev–Trinajstić information content (AvgIpc) is 2.70. The standard InChI is InChI=1S/C15H19N3O/c1-3-19-13-6-4-11(5-7-13)14-10(2)17-15(18-14)12-8-16-9-12/h4-7,12,16H,3,8-9H2,1-2H3,(H,17,18). The van der Waals surface area contributed by atoms with E-state index in [0.29, 0.717) is 12.5 Å². The molecule has 1 aliphatic rings.